The molecule has 1 aromatic heterocycles. The van der Waals surface area contributed by atoms with Crippen LogP contribution in [0.2, 0.25) is 0 Å². The van der Waals surface area contributed by atoms with Crippen molar-refractivity contribution in [3.63, 3.8) is 0 Å². The predicted octanol–water partition coefficient (Wildman–Crippen LogP) is 1.78. The molecule has 1 fully saturated rings. The summed E-state index contributed by atoms with van der Waals surface area (Å²) < 4.78 is 5.36. The average molecular weight is 310 g/mol. The summed E-state index contributed by atoms with van der Waals surface area (Å²) in [6.45, 7) is 5.48. The Morgan fingerprint density at radius 1 is 1.13 bits per heavy atom. The van der Waals surface area contributed by atoms with Crippen molar-refractivity contribution in [1.82, 2.24) is 9.97 Å². The van der Waals surface area contributed by atoms with Gasteiger partial charge in [-0.1, -0.05) is 17.7 Å². The van der Waals surface area contributed by atoms with E-state index in [2.05, 4.69) is 14.9 Å². The first-order valence-corrected chi connectivity index (χ1v) is 7.79. The summed E-state index contributed by atoms with van der Waals surface area (Å²) >= 11 is 0. The number of rotatable bonds is 2. The fraction of sp³-hybridized carbons (Fsp3) is 0.353. The van der Waals surface area contributed by atoms with E-state index in [-0.39, 0.29) is 5.91 Å². The number of morpholine rings is 1. The topological polar surface area (TPSA) is 58.6 Å². The lowest BCUT2D eigenvalue weighted by Gasteiger charge is -2.26. The number of nitrogens with zero attached hydrogens (tertiary/aromatic N) is 4. The van der Waals surface area contributed by atoms with Gasteiger partial charge in [-0.3, -0.25) is 4.79 Å². The van der Waals surface area contributed by atoms with Gasteiger partial charge in [0.15, 0.2) is 0 Å². The fourth-order valence-electron chi connectivity index (χ4n) is 2.92. The number of carbonyl (C=O) groups is 1. The van der Waals surface area contributed by atoms with E-state index in [1.54, 1.807) is 11.1 Å². The lowest BCUT2D eigenvalue weighted by molar-refractivity contribution is 0.0996. The van der Waals surface area contributed by atoms with E-state index in [1.807, 2.05) is 31.2 Å². The zero-order valence-corrected chi connectivity index (χ0v) is 13.0. The molecule has 6 heteroatoms. The molecule has 0 saturated carbocycles. The Kier molecular flexibility index (Phi) is 3.46. The van der Waals surface area contributed by atoms with Crippen molar-refractivity contribution in [3.8, 4) is 0 Å². The van der Waals surface area contributed by atoms with Crippen LogP contribution in [0.4, 0.5) is 11.6 Å². The smallest absolute Gasteiger partial charge is 0.262 e. The summed E-state index contributed by atoms with van der Waals surface area (Å²) in [4.78, 5) is 25.4. The van der Waals surface area contributed by atoms with E-state index >= 15 is 0 Å². The van der Waals surface area contributed by atoms with Crippen molar-refractivity contribution in [3.05, 3.63) is 47.3 Å². The van der Waals surface area contributed by atoms with Crippen molar-refractivity contribution in [2.75, 3.05) is 36.1 Å². The minimum Gasteiger partial charge on any atom is -0.378 e. The molecule has 118 valence electrons. The minimum atomic E-state index is -0.0302. The van der Waals surface area contributed by atoms with Gasteiger partial charge in [-0.25, -0.2) is 9.97 Å². The van der Waals surface area contributed by atoms with Gasteiger partial charge < -0.3 is 14.5 Å². The molecule has 0 N–H and O–H groups in total. The standard InChI is InChI=1S/C17H18N4O2/c1-12-2-4-13(5-3-12)21-11-15-14(16(21)22)10-18-17(19-15)20-6-8-23-9-7-20/h2-5,10H,6-9,11H2,1H3. The zero-order valence-electron chi connectivity index (χ0n) is 13.0. The highest BCUT2D eigenvalue weighted by Gasteiger charge is 2.31. The molecule has 4 rings (SSSR count). The summed E-state index contributed by atoms with van der Waals surface area (Å²) in [6, 6.07) is 7.96. The molecule has 2 aliphatic rings. The number of benzene rings is 1. The van der Waals surface area contributed by atoms with Crippen molar-refractivity contribution >= 4 is 17.5 Å². The molecular weight excluding hydrogens is 292 g/mol. The van der Waals surface area contributed by atoms with E-state index in [0.29, 0.717) is 31.3 Å². The van der Waals surface area contributed by atoms with Gasteiger partial charge in [-0.05, 0) is 19.1 Å². The second-order valence-electron chi connectivity index (χ2n) is 5.86. The molecule has 23 heavy (non-hydrogen) atoms. The summed E-state index contributed by atoms with van der Waals surface area (Å²) in [7, 11) is 0. The molecular formula is C17H18N4O2. The van der Waals surface area contributed by atoms with Crippen LogP contribution >= 0.6 is 0 Å². The van der Waals surface area contributed by atoms with Crippen LogP contribution in [0, 0.1) is 6.92 Å². The monoisotopic (exact) mass is 310 g/mol. The normalized spacial score (nSPS) is 17.5. The first-order valence-electron chi connectivity index (χ1n) is 7.79. The van der Waals surface area contributed by atoms with E-state index in [9.17, 15) is 4.79 Å². The third-order valence-corrected chi connectivity index (χ3v) is 4.28. The highest BCUT2D eigenvalue weighted by molar-refractivity contribution is 6.09. The largest absolute Gasteiger partial charge is 0.378 e. The van der Waals surface area contributed by atoms with E-state index in [0.717, 1.165) is 24.5 Å². The molecule has 1 saturated heterocycles. The van der Waals surface area contributed by atoms with Gasteiger partial charge in [-0.2, -0.15) is 0 Å². The maximum absolute atomic E-state index is 12.6. The summed E-state index contributed by atoms with van der Waals surface area (Å²) in [6.07, 6.45) is 1.66. The van der Waals surface area contributed by atoms with Gasteiger partial charge in [0, 0.05) is 25.0 Å². The highest BCUT2D eigenvalue weighted by atomic mass is 16.5. The van der Waals surface area contributed by atoms with Gasteiger partial charge in [0.05, 0.1) is 31.0 Å². The zero-order chi connectivity index (χ0) is 15.8. The molecule has 0 radical (unpaired) electrons. The van der Waals surface area contributed by atoms with Crippen molar-refractivity contribution in [1.29, 1.82) is 0 Å². The van der Waals surface area contributed by atoms with Crippen LogP contribution in [0.5, 0.6) is 0 Å². The molecule has 0 spiro atoms. The van der Waals surface area contributed by atoms with Crippen LogP contribution in [-0.2, 0) is 11.3 Å². The lowest BCUT2D eigenvalue weighted by atomic mass is 10.2. The molecule has 2 aliphatic heterocycles. The summed E-state index contributed by atoms with van der Waals surface area (Å²) in [5.41, 5.74) is 3.47. The molecule has 3 heterocycles. The molecule has 0 aliphatic carbocycles. The van der Waals surface area contributed by atoms with Crippen molar-refractivity contribution < 1.29 is 9.53 Å². The summed E-state index contributed by atoms with van der Waals surface area (Å²) in [5.74, 6) is 0.656. The van der Waals surface area contributed by atoms with Crippen molar-refractivity contribution in [2.24, 2.45) is 0 Å². The van der Waals surface area contributed by atoms with E-state index in [1.165, 1.54) is 5.56 Å². The Bertz CT molecular complexity index is 739. The maximum Gasteiger partial charge on any atom is 0.262 e. The first kappa shape index (κ1) is 14.1. The van der Waals surface area contributed by atoms with Crippen LogP contribution in [-0.4, -0.2) is 42.2 Å². The van der Waals surface area contributed by atoms with Crippen LogP contribution in [0.3, 0.4) is 0 Å². The van der Waals surface area contributed by atoms with Gasteiger partial charge in [0.2, 0.25) is 5.95 Å². The van der Waals surface area contributed by atoms with Gasteiger partial charge in [-0.15, -0.1) is 0 Å². The highest BCUT2D eigenvalue weighted by Crippen LogP contribution is 2.28. The van der Waals surface area contributed by atoms with E-state index < -0.39 is 0 Å². The Morgan fingerprint density at radius 3 is 2.61 bits per heavy atom. The fourth-order valence-corrected chi connectivity index (χ4v) is 2.92. The Hall–Kier alpha value is -2.47. The van der Waals surface area contributed by atoms with E-state index in [4.69, 9.17) is 4.74 Å². The Labute approximate surface area is 134 Å². The van der Waals surface area contributed by atoms with Crippen LogP contribution in [0.1, 0.15) is 21.6 Å². The minimum absolute atomic E-state index is 0.0302. The number of fused-ring (bicyclic) bond motifs is 1. The molecule has 6 nitrogen and oxygen atoms in total. The first-order chi connectivity index (χ1) is 11.2. The van der Waals surface area contributed by atoms with Crippen molar-refractivity contribution in [2.45, 2.75) is 13.5 Å². The van der Waals surface area contributed by atoms with Crippen LogP contribution < -0.4 is 9.80 Å². The molecule has 0 unspecified atom stereocenters. The number of amides is 1. The average Bonchev–Trinajstić information content (AvgIpc) is 2.93. The van der Waals surface area contributed by atoms with Gasteiger partial charge >= 0.3 is 0 Å². The number of ether oxygens (including phenoxy) is 1. The Morgan fingerprint density at radius 2 is 1.87 bits per heavy atom. The number of aromatic nitrogens is 2. The maximum atomic E-state index is 12.6. The SMILES string of the molecule is Cc1ccc(N2Cc3nc(N4CCOCC4)ncc3C2=O)cc1. The van der Waals surface area contributed by atoms with Crippen LogP contribution in [0.25, 0.3) is 0 Å². The number of carbonyl (C=O) groups excluding carboxylic acids is 1. The number of hydrogen-bond donors (Lipinski definition) is 0. The molecule has 1 aromatic carbocycles. The molecule has 0 atom stereocenters. The lowest BCUT2D eigenvalue weighted by Crippen LogP contribution is -2.37. The van der Waals surface area contributed by atoms with Crippen LogP contribution in [0.15, 0.2) is 30.5 Å². The molecule has 1 amide bonds. The third kappa shape index (κ3) is 2.55. The van der Waals surface area contributed by atoms with Gasteiger partial charge in [0.25, 0.3) is 5.91 Å². The van der Waals surface area contributed by atoms with Gasteiger partial charge in [0.1, 0.15) is 0 Å². The molecule has 0 bridgehead atoms. The number of anilines is 2. The third-order valence-electron chi connectivity index (χ3n) is 4.28. The Balaban J connectivity index is 1.61. The number of aryl methyl sites for hydroxylation is 1. The second kappa shape index (κ2) is 5.62. The summed E-state index contributed by atoms with van der Waals surface area (Å²) in [5, 5.41) is 0. The number of hydrogen-bond acceptors (Lipinski definition) is 5. The predicted molar refractivity (Wildman–Crippen MR) is 86.8 cm³/mol. The quantitative estimate of drug-likeness (QED) is 0.846. The molecule has 2 aromatic rings. The second-order valence-corrected chi connectivity index (χ2v) is 5.86.